The third kappa shape index (κ3) is 2.79. The van der Waals surface area contributed by atoms with E-state index in [-0.39, 0.29) is 17.4 Å². The van der Waals surface area contributed by atoms with Crippen LogP contribution in [0.5, 0.6) is 11.5 Å². The predicted molar refractivity (Wildman–Crippen MR) is 129 cm³/mol. The first-order chi connectivity index (χ1) is 17.2. The summed E-state index contributed by atoms with van der Waals surface area (Å²) in [7, 11) is 3.62. The van der Waals surface area contributed by atoms with Crippen LogP contribution in [0, 0.1) is 20.2 Å². The second-order valence-corrected chi connectivity index (χ2v) is 9.91. The van der Waals surface area contributed by atoms with Crippen LogP contribution in [0.15, 0.2) is 35.4 Å². The van der Waals surface area contributed by atoms with Gasteiger partial charge in [-0.2, -0.15) is 5.10 Å². The van der Waals surface area contributed by atoms with E-state index in [2.05, 4.69) is 15.4 Å². The summed E-state index contributed by atoms with van der Waals surface area (Å²) in [4.78, 5) is 23.5. The second kappa shape index (κ2) is 7.61. The van der Waals surface area contributed by atoms with Gasteiger partial charge >= 0.3 is 5.69 Å². The van der Waals surface area contributed by atoms with Gasteiger partial charge in [-0.05, 0) is 57.0 Å². The summed E-state index contributed by atoms with van der Waals surface area (Å²) in [5, 5.41) is 39.4. The number of hydrogen-bond donors (Lipinski definition) is 2. The van der Waals surface area contributed by atoms with Gasteiger partial charge in [0.2, 0.25) is 0 Å². The van der Waals surface area contributed by atoms with E-state index in [0.29, 0.717) is 42.9 Å². The number of nitro groups is 2. The number of aliphatic hydroxyl groups is 1. The zero-order chi connectivity index (χ0) is 25.4. The summed E-state index contributed by atoms with van der Waals surface area (Å²) in [6, 6.07) is 7.22. The molecule has 0 aromatic heterocycles. The number of likely N-dealkylation sites (N-methyl/N-ethyl adjacent to an activating group) is 1. The Morgan fingerprint density at radius 2 is 2.03 bits per heavy atom. The van der Waals surface area contributed by atoms with Crippen LogP contribution in [-0.4, -0.2) is 64.0 Å². The van der Waals surface area contributed by atoms with Crippen LogP contribution in [0.2, 0.25) is 0 Å². The van der Waals surface area contributed by atoms with E-state index in [0.717, 1.165) is 23.7 Å². The minimum Gasteiger partial charge on any atom is -0.493 e. The summed E-state index contributed by atoms with van der Waals surface area (Å²) in [6.07, 6.45) is 1.66. The first kappa shape index (κ1) is 22.7. The van der Waals surface area contributed by atoms with Crippen LogP contribution in [-0.2, 0) is 11.8 Å². The molecular weight excluding hydrogens is 470 g/mol. The fourth-order valence-corrected chi connectivity index (χ4v) is 6.83. The highest BCUT2D eigenvalue weighted by atomic mass is 16.6. The predicted octanol–water partition coefficient (Wildman–Crippen LogP) is 2.76. The van der Waals surface area contributed by atoms with Gasteiger partial charge in [0.1, 0.15) is 5.69 Å². The van der Waals surface area contributed by atoms with E-state index in [9.17, 15) is 25.3 Å². The topological polar surface area (TPSA) is 153 Å². The monoisotopic (exact) mass is 495 g/mol. The van der Waals surface area contributed by atoms with Crippen molar-refractivity contribution in [1.29, 1.82) is 0 Å². The van der Waals surface area contributed by atoms with E-state index in [1.54, 1.807) is 7.11 Å². The lowest BCUT2D eigenvalue weighted by Crippen LogP contribution is -2.76. The molecule has 4 aliphatic rings. The van der Waals surface area contributed by atoms with Crippen molar-refractivity contribution in [3.05, 3.63) is 61.7 Å². The Hall–Kier alpha value is -3.77. The average Bonchev–Trinajstić information content (AvgIpc) is 3.21. The molecule has 4 atom stereocenters. The van der Waals surface area contributed by atoms with Gasteiger partial charge in [-0.3, -0.25) is 25.7 Å². The van der Waals surface area contributed by atoms with Crippen LogP contribution in [0.4, 0.5) is 17.1 Å². The zero-order valence-corrected chi connectivity index (χ0v) is 19.8. The van der Waals surface area contributed by atoms with Crippen molar-refractivity contribution in [2.75, 3.05) is 26.1 Å². The van der Waals surface area contributed by atoms with Gasteiger partial charge < -0.3 is 19.5 Å². The molecule has 2 aliphatic carbocycles. The lowest BCUT2D eigenvalue weighted by atomic mass is 9.49. The van der Waals surface area contributed by atoms with Gasteiger partial charge in [-0.25, -0.2) is 0 Å². The Morgan fingerprint density at radius 3 is 2.75 bits per heavy atom. The number of likely N-dealkylation sites (tertiary alicyclic amines) is 1. The Kier molecular flexibility index (Phi) is 4.80. The van der Waals surface area contributed by atoms with Crippen molar-refractivity contribution in [3.8, 4) is 11.5 Å². The second-order valence-electron chi connectivity index (χ2n) is 9.91. The van der Waals surface area contributed by atoms with Gasteiger partial charge in [-0.1, -0.05) is 6.07 Å². The highest BCUT2D eigenvalue weighted by Gasteiger charge is 2.72. The van der Waals surface area contributed by atoms with Crippen LogP contribution in [0.3, 0.4) is 0 Å². The molecule has 2 bridgehead atoms. The molecule has 36 heavy (non-hydrogen) atoms. The van der Waals surface area contributed by atoms with Crippen molar-refractivity contribution in [2.45, 2.75) is 48.8 Å². The fraction of sp³-hybridized carbons (Fsp3) is 0.458. The number of nitro benzene ring substituents is 2. The molecule has 6 rings (SSSR count). The van der Waals surface area contributed by atoms with Gasteiger partial charge in [0, 0.05) is 17.7 Å². The fourth-order valence-electron chi connectivity index (χ4n) is 6.83. The van der Waals surface area contributed by atoms with Gasteiger partial charge in [0.05, 0.1) is 39.8 Å². The molecule has 1 saturated carbocycles. The standard InChI is InChI=1S/C24H25N5O7/c1-27-10-9-23-20-13-3-6-18(35-2)21(20)36-22(23)16(7-8-24(23,30)19(27)11-13)26-25-15-5-4-14(28(31)32)12-17(15)29(33)34/h3-6,12,19,22,25,30H,7-11H2,1-2H3/b26-16+/t19-,22?,23+,24-/m1/s1. The van der Waals surface area contributed by atoms with Crippen LogP contribution >= 0.6 is 0 Å². The van der Waals surface area contributed by atoms with Crippen molar-refractivity contribution in [2.24, 2.45) is 5.10 Å². The quantitative estimate of drug-likeness (QED) is 0.471. The maximum atomic E-state index is 12.3. The van der Waals surface area contributed by atoms with Crippen molar-refractivity contribution in [1.82, 2.24) is 4.90 Å². The Balaban J connectivity index is 1.45. The molecule has 2 fully saturated rings. The number of piperidine rings is 1. The lowest BCUT2D eigenvalue weighted by Gasteiger charge is -2.62. The number of hydrazone groups is 1. The smallest absolute Gasteiger partial charge is 0.301 e. The SMILES string of the molecule is COc1ccc2c3c1OC1/C(=N/Nc4ccc([N+](=O)[O-])cc4[N+](=O)[O-])CC[C@@]4(O)[C@@H](C2)N(C)CC[C@]314. The Bertz CT molecular complexity index is 1350. The minimum absolute atomic E-state index is 0.0371. The van der Waals surface area contributed by atoms with E-state index in [1.165, 1.54) is 12.1 Å². The molecule has 12 nitrogen and oxygen atoms in total. The maximum Gasteiger partial charge on any atom is 0.301 e. The molecular formula is C24H25N5O7. The van der Waals surface area contributed by atoms with Gasteiger partial charge in [0.15, 0.2) is 17.6 Å². The average molecular weight is 495 g/mol. The molecule has 12 heteroatoms. The first-order valence-corrected chi connectivity index (χ1v) is 11.8. The first-order valence-electron chi connectivity index (χ1n) is 11.8. The maximum absolute atomic E-state index is 12.3. The molecule has 1 spiro atoms. The van der Waals surface area contributed by atoms with E-state index < -0.39 is 32.7 Å². The number of nitrogens with one attached hydrogen (secondary N) is 1. The third-order valence-electron chi connectivity index (χ3n) is 8.46. The normalized spacial score (nSPS) is 30.9. The van der Waals surface area contributed by atoms with Crippen molar-refractivity contribution >= 4 is 22.8 Å². The van der Waals surface area contributed by atoms with Crippen molar-refractivity contribution < 1.29 is 24.4 Å². The summed E-state index contributed by atoms with van der Waals surface area (Å²) in [5.74, 6) is 1.22. The molecule has 2 N–H and O–H groups in total. The summed E-state index contributed by atoms with van der Waals surface area (Å²) in [6.45, 7) is 0.775. The van der Waals surface area contributed by atoms with Gasteiger partial charge in [-0.15, -0.1) is 0 Å². The number of hydrogen-bond acceptors (Lipinski definition) is 10. The highest BCUT2D eigenvalue weighted by molar-refractivity contribution is 5.95. The van der Waals surface area contributed by atoms with E-state index in [4.69, 9.17) is 9.47 Å². The third-order valence-corrected chi connectivity index (χ3v) is 8.46. The number of methoxy groups -OCH3 is 1. The number of rotatable bonds is 5. The van der Waals surface area contributed by atoms with E-state index in [1.807, 2.05) is 19.2 Å². The molecule has 0 radical (unpaired) electrons. The Morgan fingerprint density at radius 1 is 1.22 bits per heavy atom. The summed E-state index contributed by atoms with van der Waals surface area (Å²) >= 11 is 0. The van der Waals surface area contributed by atoms with Crippen LogP contribution in [0.25, 0.3) is 0 Å². The Labute approximate surface area is 205 Å². The van der Waals surface area contributed by atoms with Gasteiger partial charge in [0.25, 0.3) is 5.69 Å². The number of nitrogens with zero attached hydrogens (tertiary/aromatic N) is 4. The molecule has 2 aromatic rings. The molecule has 2 aliphatic heterocycles. The number of anilines is 1. The highest BCUT2D eigenvalue weighted by Crippen LogP contribution is 2.64. The molecule has 2 heterocycles. The lowest BCUT2D eigenvalue weighted by molar-refractivity contribution is -0.393. The number of non-ortho nitro benzene ring substituents is 1. The number of benzene rings is 2. The minimum atomic E-state index is -1.03. The molecule has 0 amide bonds. The summed E-state index contributed by atoms with van der Waals surface area (Å²) in [5.41, 5.74) is 2.94. The molecule has 1 unspecified atom stereocenters. The summed E-state index contributed by atoms with van der Waals surface area (Å²) < 4.78 is 12.1. The molecule has 188 valence electrons. The van der Waals surface area contributed by atoms with E-state index >= 15 is 0 Å². The molecule has 2 aromatic carbocycles. The largest absolute Gasteiger partial charge is 0.493 e. The van der Waals surface area contributed by atoms with Crippen molar-refractivity contribution in [3.63, 3.8) is 0 Å². The molecule has 1 saturated heterocycles. The van der Waals surface area contributed by atoms with Crippen LogP contribution in [0.1, 0.15) is 30.4 Å². The van der Waals surface area contributed by atoms with Crippen LogP contribution < -0.4 is 14.9 Å². The zero-order valence-electron chi connectivity index (χ0n) is 19.8. The number of ether oxygens (including phenoxy) is 2.